The van der Waals surface area contributed by atoms with Crippen LogP contribution in [0.5, 0.6) is 0 Å². The highest BCUT2D eigenvalue weighted by Gasteiger charge is 2.16. The lowest BCUT2D eigenvalue weighted by atomic mass is 10.1. The third-order valence-corrected chi connectivity index (χ3v) is 3.39. The van der Waals surface area contributed by atoms with Crippen molar-refractivity contribution in [2.24, 2.45) is 0 Å². The predicted molar refractivity (Wildman–Crippen MR) is 70.1 cm³/mol. The van der Waals surface area contributed by atoms with E-state index in [4.69, 9.17) is 0 Å². The third kappa shape index (κ3) is 3.66. The number of piperidine rings is 1. The van der Waals surface area contributed by atoms with E-state index in [-0.39, 0.29) is 0 Å². The summed E-state index contributed by atoms with van der Waals surface area (Å²) in [4.78, 5) is 2.55. The first-order valence-electron chi connectivity index (χ1n) is 6.54. The number of nitrogens with zero attached hydrogens (tertiary/aromatic N) is 3. The van der Waals surface area contributed by atoms with Crippen LogP contribution in [0.1, 0.15) is 31.9 Å². The lowest BCUT2D eigenvalue weighted by Crippen LogP contribution is -2.41. The van der Waals surface area contributed by atoms with Gasteiger partial charge in [0.05, 0.1) is 5.69 Å². The van der Waals surface area contributed by atoms with Crippen LogP contribution in [0.4, 0.5) is 5.82 Å². The zero-order valence-corrected chi connectivity index (χ0v) is 10.8. The standard InChI is InChI=1S/C13H22N4/c1-11-6-7-13(16-15-11)14-10-12(2)17-8-4-3-5-9-17/h6-7,12H,3-5,8-10H2,1-2H3,(H,14,16). The quantitative estimate of drug-likeness (QED) is 0.866. The van der Waals surface area contributed by atoms with Gasteiger partial charge in [-0.2, -0.15) is 5.10 Å². The molecule has 1 aliphatic heterocycles. The first kappa shape index (κ1) is 12.3. The molecule has 94 valence electrons. The third-order valence-electron chi connectivity index (χ3n) is 3.39. The molecule has 2 rings (SSSR count). The molecule has 0 aromatic carbocycles. The van der Waals surface area contributed by atoms with Crippen LogP contribution in [-0.4, -0.2) is 40.8 Å². The fraction of sp³-hybridized carbons (Fsp3) is 0.692. The van der Waals surface area contributed by atoms with E-state index in [0.29, 0.717) is 6.04 Å². The number of rotatable bonds is 4. The molecular formula is C13H22N4. The van der Waals surface area contributed by atoms with E-state index in [1.807, 2.05) is 19.1 Å². The monoisotopic (exact) mass is 234 g/mol. The zero-order valence-electron chi connectivity index (χ0n) is 10.8. The minimum Gasteiger partial charge on any atom is -0.367 e. The Morgan fingerprint density at radius 1 is 1.24 bits per heavy atom. The maximum Gasteiger partial charge on any atom is 0.148 e. The molecule has 1 aliphatic rings. The van der Waals surface area contributed by atoms with Crippen molar-refractivity contribution >= 4 is 5.82 Å². The lowest BCUT2D eigenvalue weighted by molar-refractivity contribution is 0.180. The summed E-state index contributed by atoms with van der Waals surface area (Å²) in [5, 5.41) is 11.5. The topological polar surface area (TPSA) is 41.0 Å². The maximum atomic E-state index is 4.12. The second-order valence-corrected chi connectivity index (χ2v) is 4.89. The van der Waals surface area contributed by atoms with Gasteiger partial charge in [0, 0.05) is 12.6 Å². The molecule has 1 atom stereocenters. The highest BCUT2D eigenvalue weighted by Crippen LogP contribution is 2.12. The lowest BCUT2D eigenvalue weighted by Gasteiger charge is -2.32. The van der Waals surface area contributed by atoms with Gasteiger partial charge in [-0.15, -0.1) is 5.10 Å². The van der Waals surface area contributed by atoms with Gasteiger partial charge in [-0.25, -0.2) is 0 Å². The second-order valence-electron chi connectivity index (χ2n) is 4.89. The number of hydrogen-bond donors (Lipinski definition) is 1. The van der Waals surface area contributed by atoms with Crippen molar-refractivity contribution in [1.82, 2.24) is 15.1 Å². The summed E-state index contributed by atoms with van der Waals surface area (Å²) < 4.78 is 0. The van der Waals surface area contributed by atoms with Crippen LogP contribution in [0, 0.1) is 6.92 Å². The second kappa shape index (κ2) is 5.96. The van der Waals surface area contributed by atoms with E-state index >= 15 is 0 Å². The van der Waals surface area contributed by atoms with Gasteiger partial charge in [0.25, 0.3) is 0 Å². The van der Waals surface area contributed by atoms with E-state index in [1.165, 1.54) is 32.4 Å². The summed E-state index contributed by atoms with van der Waals surface area (Å²) in [7, 11) is 0. The minimum absolute atomic E-state index is 0.568. The molecular weight excluding hydrogens is 212 g/mol. The molecule has 0 amide bonds. The highest BCUT2D eigenvalue weighted by molar-refractivity contribution is 5.32. The minimum atomic E-state index is 0.568. The van der Waals surface area contributed by atoms with E-state index in [1.54, 1.807) is 0 Å². The van der Waals surface area contributed by atoms with Gasteiger partial charge < -0.3 is 5.32 Å². The molecule has 1 N–H and O–H groups in total. The van der Waals surface area contributed by atoms with Crippen LogP contribution in [0.15, 0.2) is 12.1 Å². The predicted octanol–water partition coefficient (Wildman–Crippen LogP) is 2.07. The molecule has 0 radical (unpaired) electrons. The van der Waals surface area contributed by atoms with Crippen molar-refractivity contribution in [2.75, 3.05) is 25.0 Å². The average Bonchev–Trinajstić information content (AvgIpc) is 2.39. The van der Waals surface area contributed by atoms with Crippen LogP contribution in [0.3, 0.4) is 0 Å². The van der Waals surface area contributed by atoms with Crippen molar-refractivity contribution in [3.63, 3.8) is 0 Å². The van der Waals surface area contributed by atoms with E-state index in [9.17, 15) is 0 Å². The van der Waals surface area contributed by atoms with E-state index in [2.05, 4.69) is 27.3 Å². The molecule has 2 heterocycles. The number of likely N-dealkylation sites (tertiary alicyclic amines) is 1. The van der Waals surface area contributed by atoms with Crippen molar-refractivity contribution < 1.29 is 0 Å². The van der Waals surface area contributed by atoms with Crippen molar-refractivity contribution in [2.45, 2.75) is 39.2 Å². The number of anilines is 1. The Hall–Kier alpha value is -1.16. The number of aryl methyl sites for hydroxylation is 1. The Kier molecular flexibility index (Phi) is 4.31. The van der Waals surface area contributed by atoms with Crippen molar-refractivity contribution in [1.29, 1.82) is 0 Å². The van der Waals surface area contributed by atoms with Crippen LogP contribution >= 0.6 is 0 Å². The molecule has 1 aromatic heterocycles. The molecule has 1 fully saturated rings. The Bertz CT molecular complexity index is 330. The zero-order chi connectivity index (χ0) is 12.1. The van der Waals surface area contributed by atoms with Crippen LogP contribution in [0.2, 0.25) is 0 Å². The van der Waals surface area contributed by atoms with Gasteiger partial charge in [-0.1, -0.05) is 6.42 Å². The molecule has 1 aromatic rings. The Morgan fingerprint density at radius 3 is 2.65 bits per heavy atom. The van der Waals surface area contributed by atoms with Gasteiger partial charge in [0.2, 0.25) is 0 Å². The highest BCUT2D eigenvalue weighted by atomic mass is 15.2. The smallest absolute Gasteiger partial charge is 0.148 e. The van der Waals surface area contributed by atoms with Crippen LogP contribution in [0.25, 0.3) is 0 Å². The largest absolute Gasteiger partial charge is 0.367 e. The first-order valence-corrected chi connectivity index (χ1v) is 6.54. The average molecular weight is 234 g/mol. The molecule has 4 heteroatoms. The summed E-state index contributed by atoms with van der Waals surface area (Å²) in [6.45, 7) is 7.65. The summed E-state index contributed by atoms with van der Waals surface area (Å²) >= 11 is 0. The van der Waals surface area contributed by atoms with Crippen LogP contribution < -0.4 is 5.32 Å². The van der Waals surface area contributed by atoms with Crippen LogP contribution in [-0.2, 0) is 0 Å². The maximum absolute atomic E-state index is 4.12. The fourth-order valence-corrected chi connectivity index (χ4v) is 2.23. The van der Waals surface area contributed by atoms with Gasteiger partial charge in [0.15, 0.2) is 0 Å². The van der Waals surface area contributed by atoms with Gasteiger partial charge >= 0.3 is 0 Å². The van der Waals surface area contributed by atoms with Crippen molar-refractivity contribution in [3.05, 3.63) is 17.8 Å². The molecule has 0 spiro atoms. The summed E-state index contributed by atoms with van der Waals surface area (Å²) in [6, 6.07) is 4.55. The Labute approximate surface area is 103 Å². The molecule has 1 unspecified atom stereocenters. The number of aromatic nitrogens is 2. The van der Waals surface area contributed by atoms with Crippen molar-refractivity contribution in [3.8, 4) is 0 Å². The summed E-state index contributed by atoms with van der Waals surface area (Å²) in [5.41, 5.74) is 0.958. The SMILES string of the molecule is Cc1ccc(NCC(C)N2CCCCC2)nn1. The number of nitrogens with one attached hydrogen (secondary N) is 1. The molecule has 0 aliphatic carbocycles. The van der Waals surface area contributed by atoms with Gasteiger partial charge in [-0.05, 0) is 51.9 Å². The molecule has 1 saturated heterocycles. The number of hydrogen-bond acceptors (Lipinski definition) is 4. The molecule has 0 bridgehead atoms. The summed E-state index contributed by atoms with van der Waals surface area (Å²) in [5.74, 6) is 0.874. The fourth-order valence-electron chi connectivity index (χ4n) is 2.23. The molecule has 4 nitrogen and oxygen atoms in total. The normalized spacial score (nSPS) is 18.9. The Morgan fingerprint density at radius 2 is 2.00 bits per heavy atom. The summed E-state index contributed by atoms with van der Waals surface area (Å²) in [6.07, 6.45) is 4.07. The van der Waals surface area contributed by atoms with Gasteiger partial charge in [-0.3, -0.25) is 4.90 Å². The Balaban J connectivity index is 1.78. The first-order chi connectivity index (χ1) is 8.25. The van der Waals surface area contributed by atoms with E-state index < -0.39 is 0 Å². The molecule has 17 heavy (non-hydrogen) atoms. The van der Waals surface area contributed by atoms with Gasteiger partial charge in [0.1, 0.15) is 5.82 Å². The molecule has 0 saturated carbocycles. The van der Waals surface area contributed by atoms with E-state index in [0.717, 1.165) is 18.1 Å².